The first-order chi connectivity index (χ1) is 8.81. The molecule has 0 aromatic heterocycles. The normalized spacial score (nSPS) is 19.6. The number of benzene rings is 1. The van der Waals surface area contributed by atoms with E-state index < -0.39 is 0 Å². The summed E-state index contributed by atoms with van der Waals surface area (Å²) in [5.41, 5.74) is 7.95. The molecule has 3 heteroatoms. The van der Waals surface area contributed by atoms with Gasteiger partial charge in [0.05, 0.1) is 0 Å². The Kier molecular flexibility index (Phi) is 4.77. The minimum absolute atomic E-state index is 0.0873. The third-order valence-electron chi connectivity index (χ3n) is 3.38. The van der Waals surface area contributed by atoms with Crippen molar-refractivity contribution in [2.75, 3.05) is 26.2 Å². The van der Waals surface area contributed by atoms with Gasteiger partial charge in [-0.25, -0.2) is 0 Å². The summed E-state index contributed by atoms with van der Waals surface area (Å²) in [6, 6.07) is 8.23. The summed E-state index contributed by atoms with van der Waals surface area (Å²) in [5.74, 6) is 6.22. The fourth-order valence-electron chi connectivity index (χ4n) is 2.34. The summed E-state index contributed by atoms with van der Waals surface area (Å²) in [6.07, 6.45) is 1.22. The lowest BCUT2D eigenvalue weighted by Gasteiger charge is -2.15. The lowest BCUT2D eigenvalue weighted by Crippen LogP contribution is -2.22. The first-order valence-corrected chi connectivity index (χ1v) is 6.43. The summed E-state index contributed by atoms with van der Waals surface area (Å²) < 4.78 is 0. The second-order valence-corrected chi connectivity index (χ2v) is 4.78. The van der Waals surface area contributed by atoms with Crippen molar-refractivity contribution in [2.24, 2.45) is 11.7 Å². The molecule has 0 saturated carbocycles. The molecule has 0 amide bonds. The number of nitrogens with zero attached hydrogens (tertiary/aromatic N) is 1. The molecule has 96 valence electrons. The van der Waals surface area contributed by atoms with Crippen LogP contribution in [0.3, 0.4) is 0 Å². The van der Waals surface area contributed by atoms with Crippen molar-refractivity contribution in [1.82, 2.24) is 4.90 Å². The van der Waals surface area contributed by atoms with Gasteiger partial charge in [-0.3, -0.25) is 4.90 Å². The summed E-state index contributed by atoms with van der Waals surface area (Å²) in [6.45, 7) is 3.96. The topological polar surface area (TPSA) is 49.5 Å². The molecule has 0 spiro atoms. The van der Waals surface area contributed by atoms with Crippen LogP contribution in [0.2, 0.25) is 0 Å². The fraction of sp³-hybridized carbons (Fsp3) is 0.467. The average molecular weight is 244 g/mol. The summed E-state index contributed by atoms with van der Waals surface area (Å²) >= 11 is 0. The number of nitrogens with two attached hydrogens (primary N) is 1. The summed E-state index contributed by atoms with van der Waals surface area (Å²) in [7, 11) is 0. The lowest BCUT2D eigenvalue weighted by atomic mass is 10.1. The maximum Gasteiger partial charge on any atom is 0.104 e. The molecule has 3 N–H and O–H groups in total. The molecule has 0 bridgehead atoms. The highest BCUT2D eigenvalue weighted by molar-refractivity contribution is 5.36. The van der Waals surface area contributed by atoms with Gasteiger partial charge < -0.3 is 10.8 Å². The molecular weight excluding hydrogens is 224 g/mol. The molecule has 1 fully saturated rings. The Labute approximate surface area is 109 Å². The summed E-state index contributed by atoms with van der Waals surface area (Å²) in [4.78, 5) is 2.45. The van der Waals surface area contributed by atoms with Crippen molar-refractivity contribution >= 4 is 0 Å². The molecule has 3 nitrogen and oxygen atoms in total. The Morgan fingerprint density at radius 1 is 1.33 bits per heavy atom. The Hall–Kier alpha value is -1.34. The van der Waals surface area contributed by atoms with Crippen LogP contribution in [-0.2, 0) is 6.54 Å². The van der Waals surface area contributed by atoms with E-state index in [1.54, 1.807) is 0 Å². The fourth-order valence-corrected chi connectivity index (χ4v) is 2.34. The van der Waals surface area contributed by atoms with E-state index in [0.29, 0.717) is 5.92 Å². The predicted molar refractivity (Wildman–Crippen MR) is 72.8 cm³/mol. The summed E-state index contributed by atoms with van der Waals surface area (Å²) in [5, 5.41) is 8.63. The highest BCUT2D eigenvalue weighted by atomic mass is 16.2. The third-order valence-corrected chi connectivity index (χ3v) is 3.38. The molecular formula is C15H20N2O. The van der Waals surface area contributed by atoms with E-state index in [4.69, 9.17) is 10.8 Å². The van der Waals surface area contributed by atoms with Crippen molar-refractivity contribution in [3.05, 3.63) is 35.4 Å². The van der Waals surface area contributed by atoms with E-state index in [2.05, 4.69) is 28.9 Å². The molecule has 1 saturated heterocycles. The van der Waals surface area contributed by atoms with Gasteiger partial charge in [0.1, 0.15) is 6.61 Å². The van der Waals surface area contributed by atoms with E-state index in [0.717, 1.165) is 31.7 Å². The van der Waals surface area contributed by atoms with Gasteiger partial charge in [0.15, 0.2) is 0 Å². The second kappa shape index (κ2) is 6.55. The number of aliphatic hydroxyl groups excluding tert-OH is 1. The monoisotopic (exact) mass is 244 g/mol. The van der Waals surface area contributed by atoms with Gasteiger partial charge in [-0.2, -0.15) is 0 Å². The minimum Gasteiger partial charge on any atom is -0.384 e. The van der Waals surface area contributed by atoms with Gasteiger partial charge >= 0.3 is 0 Å². The Morgan fingerprint density at radius 2 is 2.11 bits per heavy atom. The first kappa shape index (κ1) is 13.1. The highest BCUT2D eigenvalue weighted by Crippen LogP contribution is 2.17. The minimum atomic E-state index is -0.0873. The molecule has 1 aromatic carbocycles. The maximum absolute atomic E-state index is 8.63. The standard InChI is InChI=1S/C15H20N2O/c16-10-15-7-8-17(12-15)11-14-5-3-13(4-6-14)2-1-9-18/h3-6,15,18H,7-12,16H2/t15-/m0/s1. The quantitative estimate of drug-likeness (QED) is 0.774. The van der Waals surface area contributed by atoms with Gasteiger partial charge in [0.2, 0.25) is 0 Å². The average Bonchev–Trinajstić information content (AvgIpc) is 2.86. The van der Waals surface area contributed by atoms with Crippen molar-refractivity contribution in [3.8, 4) is 11.8 Å². The number of aliphatic hydroxyl groups is 1. The van der Waals surface area contributed by atoms with Crippen LogP contribution in [0.15, 0.2) is 24.3 Å². The van der Waals surface area contributed by atoms with Crippen molar-refractivity contribution in [3.63, 3.8) is 0 Å². The zero-order valence-electron chi connectivity index (χ0n) is 10.6. The first-order valence-electron chi connectivity index (χ1n) is 6.43. The largest absolute Gasteiger partial charge is 0.384 e. The zero-order chi connectivity index (χ0) is 12.8. The SMILES string of the molecule is NC[C@@H]1CCN(Cc2ccc(C#CCO)cc2)C1. The number of likely N-dealkylation sites (tertiary alicyclic amines) is 1. The molecule has 1 aromatic rings. The van der Waals surface area contributed by atoms with E-state index in [1.165, 1.54) is 12.0 Å². The van der Waals surface area contributed by atoms with E-state index in [9.17, 15) is 0 Å². The maximum atomic E-state index is 8.63. The van der Waals surface area contributed by atoms with Crippen LogP contribution in [0.5, 0.6) is 0 Å². The van der Waals surface area contributed by atoms with Crippen LogP contribution in [0, 0.1) is 17.8 Å². The van der Waals surface area contributed by atoms with Crippen LogP contribution < -0.4 is 5.73 Å². The molecule has 1 atom stereocenters. The number of rotatable bonds is 3. The van der Waals surface area contributed by atoms with E-state index in [-0.39, 0.29) is 6.61 Å². The van der Waals surface area contributed by atoms with Gasteiger partial charge in [0.25, 0.3) is 0 Å². The molecule has 0 unspecified atom stereocenters. The van der Waals surface area contributed by atoms with Crippen LogP contribution >= 0.6 is 0 Å². The van der Waals surface area contributed by atoms with E-state index >= 15 is 0 Å². The van der Waals surface area contributed by atoms with Crippen LogP contribution in [0.1, 0.15) is 17.5 Å². The predicted octanol–water partition coefficient (Wildman–Crippen LogP) is 0.811. The lowest BCUT2D eigenvalue weighted by molar-refractivity contribution is 0.318. The number of hydrogen-bond donors (Lipinski definition) is 2. The van der Waals surface area contributed by atoms with E-state index in [1.807, 2.05) is 12.1 Å². The van der Waals surface area contributed by atoms with Crippen molar-refractivity contribution < 1.29 is 5.11 Å². The third kappa shape index (κ3) is 3.58. The Morgan fingerprint density at radius 3 is 2.72 bits per heavy atom. The van der Waals surface area contributed by atoms with Crippen molar-refractivity contribution in [2.45, 2.75) is 13.0 Å². The second-order valence-electron chi connectivity index (χ2n) is 4.78. The van der Waals surface area contributed by atoms with Gasteiger partial charge in [-0.15, -0.1) is 0 Å². The van der Waals surface area contributed by atoms with Gasteiger partial charge in [0, 0.05) is 18.7 Å². The smallest absolute Gasteiger partial charge is 0.104 e. The van der Waals surface area contributed by atoms with Gasteiger partial charge in [-0.05, 0) is 43.1 Å². The number of hydrogen-bond acceptors (Lipinski definition) is 3. The highest BCUT2D eigenvalue weighted by Gasteiger charge is 2.20. The molecule has 1 aliphatic rings. The zero-order valence-corrected chi connectivity index (χ0v) is 10.6. The molecule has 1 heterocycles. The molecule has 2 rings (SSSR count). The van der Waals surface area contributed by atoms with Gasteiger partial charge in [-0.1, -0.05) is 24.0 Å². The molecule has 0 aliphatic carbocycles. The Bertz CT molecular complexity index is 430. The Balaban J connectivity index is 1.90. The van der Waals surface area contributed by atoms with Crippen LogP contribution in [-0.4, -0.2) is 36.2 Å². The van der Waals surface area contributed by atoms with Crippen molar-refractivity contribution in [1.29, 1.82) is 0 Å². The molecule has 0 radical (unpaired) electrons. The molecule has 1 aliphatic heterocycles. The van der Waals surface area contributed by atoms with Crippen LogP contribution in [0.25, 0.3) is 0 Å². The molecule has 18 heavy (non-hydrogen) atoms. The van der Waals surface area contributed by atoms with Crippen LogP contribution in [0.4, 0.5) is 0 Å².